The SMILES string of the molecule is CC(=O)N1CC(CC[N+]2(c3c[nH]c4cc(Cl)ccc34)CC=CCC2)c2ccccc21. The Morgan fingerprint density at radius 2 is 2.10 bits per heavy atom. The molecule has 0 radical (unpaired) electrons. The van der Waals surface area contributed by atoms with Crippen LogP contribution in [0.15, 0.2) is 60.8 Å². The van der Waals surface area contributed by atoms with E-state index in [2.05, 4.69) is 47.6 Å². The molecule has 5 heteroatoms. The van der Waals surface area contributed by atoms with Crippen molar-refractivity contribution in [3.05, 3.63) is 71.4 Å². The third-order valence-corrected chi connectivity index (χ3v) is 7.07. The quantitative estimate of drug-likeness (QED) is 0.431. The van der Waals surface area contributed by atoms with Gasteiger partial charge in [0, 0.05) is 42.9 Å². The number of nitrogens with one attached hydrogen (secondary N) is 1. The Labute approximate surface area is 182 Å². The summed E-state index contributed by atoms with van der Waals surface area (Å²) in [5, 5.41) is 2.01. The molecule has 0 aliphatic carbocycles. The van der Waals surface area contributed by atoms with Crippen LogP contribution in [0.4, 0.5) is 11.4 Å². The first kappa shape index (κ1) is 19.4. The Kier molecular flexibility index (Phi) is 4.92. The molecule has 3 aromatic rings. The van der Waals surface area contributed by atoms with E-state index < -0.39 is 0 Å². The average molecular weight is 421 g/mol. The summed E-state index contributed by atoms with van der Waals surface area (Å²) in [7, 11) is 0. The number of aromatic amines is 1. The lowest BCUT2D eigenvalue weighted by molar-refractivity contribution is -0.116. The molecule has 2 aliphatic heterocycles. The van der Waals surface area contributed by atoms with Crippen molar-refractivity contribution in [2.45, 2.75) is 25.7 Å². The summed E-state index contributed by atoms with van der Waals surface area (Å²) in [5.74, 6) is 0.508. The molecule has 2 atom stereocenters. The van der Waals surface area contributed by atoms with Crippen LogP contribution in [0.1, 0.15) is 31.2 Å². The number of amides is 1. The fourth-order valence-electron chi connectivity index (χ4n) is 5.27. The summed E-state index contributed by atoms with van der Waals surface area (Å²) in [5.41, 5.74) is 4.84. The third kappa shape index (κ3) is 3.24. The number of nitrogens with zero attached hydrogens (tertiary/aromatic N) is 2. The van der Waals surface area contributed by atoms with Crippen LogP contribution in [0, 0.1) is 0 Å². The zero-order valence-electron chi connectivity index (χ0n) is 17.3. The van der Waals surface area contributed by atoms with E-state index in [-0.39, 0.29) is 5.91 Å². The molecule has 0 bridgehead atoms. The topological polar surface area (TPSA) is 36.1 Å². The lowest BCUT2D eigenvalue weighted by Gasteiger charge is -2.39. The molecule has 2 aliphatic rings. The first-order valence-corrected chi connectivity index (χ1v) is 11.1. The first-order chi connectivity index (χ1) is 14.6. The minimum absolute atomic E-state index is 0.128. The molecular weight excluding hydrogens is 394 g/mol. The van der Waals surface area contributed by atoms with Crippen molar-refractivity contribution in [2.24, 2.45) is 0 Å². The predicted molar refractivity (Wildman–Crippen MR) is 125 cm³/mol. The molecule has 0 saturated carbocycles. The van der Waals surface area contributed by atoms with Gasteiger partial charge in [0.2, 0.25) is 5.91 Å². The van der Waals surface area contributed by atoms with E-state index in [0.717, 1.165) is 59.7 Å². The van der Waals surface area contributed by atoms with Gasteiger partial charge in [0.05, 0.1) is 30.2 Å². The van der Waals surface area contributed by atoms with E-state index in [0.29, 0.717) is 5.92 Å². The molecule has 1 amide bonds. The van der Waals surface area contributed by atoms with Crippen molar-refractivity contribution in [2.75, 3.05) is 31.1 Å². The summed E-state index contributed by atoms with van der Waals surface area (Å²) in [6.07, 6.45) is 8.92. The second-order valence-electron chi connectivity index (χ2n) is 8.57. The zero-order valence-corrected chi connectivity index (χ0v) is 18.0. The Bertz CT molecular complexity index is 1130. The number of halogens is 1. The van der Waals surface area contributed by atoms with Gasteiger partial charge in [0.25, 0.3) is 0 Å². The molecule has 2 unspecified atom stereocenters. The number of rotatable bonds is 4. The largest absolute Gasteiger partial charge is 0.356 e. The normalized spacial score (nSPS) is 23.1. The first-order valence-electron chi connectivity index (χ1n) is 10.7. The van der Waals surface area contributed by atoms with E-state index >= 15 is 0 Å². The molecule has 4 nitrogen and oxygen atoms in total. The predicted octanol–water partition coefficient (Wildman–Crippen LogP) is 5.63. The van der Waals surface area contributed by atoms with Gasteiger partial charge in [0.1, 0.15) is 6.54 Å². The summed E-state index contributed by atoms with van der Waals surface area (Å²) in [4.78, 5) is 17.6. The van der Waals surface area contributed by atoms with E-state index in [4.69, 9.17) is 11.6 Å². The van der Waals surface area contributed by atoms with Gasteiger partial charge in [-0.05, 0) is 35.9 Å². The maximum Gasteiger partial charge on any atom is 0.223 e. The van der Waals surface area contributed by atoms with Crippen molar-refractivity contribution in [1.29, 1.82) is 0 Å². The number of carbonyl (C=O) groups excluding carboxylic acids is 1. The molecule has 30 heavy (non-hydrogen) atoms. The van der Waals surface area contributed by atoms with E-state index in [1.54, 1.807) is 6.92 Å². The van der Waals surface area contributed by atoms with Crippen molar-refractivity contribution < 1.29 is 4.79 Å². The van der Waals surface area contributed by atoms with E-state index in [1.807, 2.05) is 23.1 Å². The summed E-state index contributed by atoms with van der Waals surface area (Å²) in [6, 6.07) is 14.5. The highest BCUT2D eigenvalue weighted by Crippen LogP contribution is 2.41. The van der Waals surface area contributed by atoms with Crippen LogP contribution >= 0.6 is 11.6 Å². The molecule has 0 spiro atoms. The van der Waals surface area contributed by atoms with Crippen molar-refractivity contribution in [1.82, 2.24) is 9.47 Å². The molecule has 154 valence electrons. The van der Waals surface area contributed by atoms with Gasteiger partial charge in [0.15, 0.2) is 5.69 Å². The number of carbonyl (C=O) groups is 1. The highest BCUT2D eigenvalue weighted by atomic mass is 35.5. The highest BCUT2D eigenvalue weighted by Gasteiger charge is 2.37. The molecule has 3 heterocycles. The van der Waals surface area contributed by atoms with Crippen molar-refractivity contribution in [3.8, 4) is 0 Å². The molecular formula is C25H27ClN3O+. The molecule has 0 fully saturated rings. The lowest BCUT2D eigenvalue weighted by Crippen LogP contribution is -2.52. The van der Waals surface area contributed by atoms with Gasteiger partial charge in [-0.3, -0.25) is 9.28 Å². The van der Waals surface area contributed by atoms with Crippen molar-refractivity contribution >= 4 is 39.8 Å². The Morgan fingerprint density at radius 3 is 2.90 bits per heavy atom. The molecule has 2 aromatic carbocycles. The number of fused-ring (bicyclic) bond motifs is 2. The Balaban J connectivity index is 1.46. The van der Waals surface area contributed by atoms with Gasteiger partial charge in [-0.25, -0.2) is 0 Å². The molecule has 0 saturated heterocycles. The van der Waals surface area contributed by atoms with E-state index in [1.165, 1.54) is 16.6 Å². The summed E-state index contributed by atoms with van der Waals surface area (Å²) < 4.78 is 0.941. The summed E-state index contributed by atoms with van der Waals surface area (Å²) >= 11 is 6.21. The maximum absolute atomic E-state index is 12.2. The average Bonchev–Trinajstić information content (AvgIpc) is 3.35. The van der Waals surface area contributed by atoms with Gasteiger partial charge in [-0.2, -0.15) is 0 Å². The summed E-state index contributed by atoms with van der Waals surface area (Å²) in [6.45, 7) is 5.59. The van der Waals surface area contributed by atoms with Crippen LogP contribution in [0.2, 0.25) is 5.02 Å². The van der Waals surface area contributed by atoms with E-state index in [9.17, 15) is 4.79 Å². The van der Waals surface area contributed by atoms with Crippen LogP contribution in [-0.2, 0) is 4.79 Å². The van der Waals surface area contributed by atoms with Gasteiger partial charge >= 0.3 is 0 Å². The smallest absolute Gasteiger partial charge is 0.223 e. The second kappa shape index (κ2) is 7.60. The number of para-hydroxylation sites is 1. The molecule has 1 N–H and O–H groups in total. The number of hydrogen-bond acceptors (Lipinski definition) is 1. The molecule has 1 aromatic heterocycles. The van der Waals surface area contributed by atoms with Gasteiger partial charge < -0.3 is 9.88 Å². The standard InChI is InChI=1S/C25H27ClN3O/c1-18(30)28-17-19(21-7-3-4-8-24(21)28)11-14-29(12-5-2-6-13-29)25-16-27-23-15-20(26)9-10-22(23)25/h2-5,7-10,15-16,19,27H,6,11-14,17H2,1H3/q+1. The minimum atomic E-state index is 0.128. The van der Waals surface area contributed by atoms with Crippen LogP contribution < -0.4 is 9.38 Å². The zero-order chi connectivity index (χ0) is 20.7. The third-order valence-electron chi connectivity index (χ3n) is 6.83. The van der Waals surface area contributed by atoms with Crippen LogP contribution in [0.3, 0.4) is 0 Å². The van der Waals surface area contributed by atoms with Crippen LogP contribution in [-0.4, -0.2) is 37.1 Å². The van der Waals surface area contributed by atoms with Crippen LogP contribution in [0.25, 0.3) is 10.9 Å². The van der Waals surface area contributed by atoms with Crippen molar-refractivity contribution in [3.63, 3.8) is 0 Å². The van der Waals surface area contributed by atoms with Crippen LogP contribution in [0.5, 0.6) is 0 Å². The number of anilines is 1. The monoisotopic (exact) mass is 420 g/mol. The van der Waals surface area contributed by atoms with Gasteiger partial charge in [-0.15, -0.1) is 0 Å². The number of hydrogen-bond donors (Lipinski definition) is 1. The number of benzene rings is 2. The highest BCUT2D eigenvalue weighted by molar-refractivity contribution is 6.31. The second-order valence-corrected chi connectivity index (χ2v) is 9.01. The van der Waals surface area contributed by atoms with Gasteiger partial charge in [-0.1, -0.05) is 35.9 Å². The number of aromatic nitrogens is 1. The fourth-order valence-corrected chi connectivity index (χ4v) is 5.44. The maximum atomic E-state index is 12.2. The molecule has 5 rings (SSSR count). The number of quaternary nitrogens is 1. The lowest BCUT2D eigenvalue weighted by atomic mass is 9.96. The minimum Gasteiger partial charge on any atom is -0.356 e. The fraction of sp³-hybridized carbons (Fsp3) is 0.320. The Morgan fingerprint density at radius 1 is 1.23 bits per heavy atom. The Hall–Kier alpha value is -2.56. The number of H-pyrrole nitrogens is 1.